The van der Waals surface area contributed by atoms with E-state index in [4.69, 9.17) is 0 Å². The minimum absolute atomic E-state index is 0.00712. The van der Waals surface area contributed by atoms with Crippen molar-refractivity contribution in [3.8, 4) is 5.88 Å². The van der Waals surface area contributed by atoms with Crippen LogP contribution in [0.3, 0.4) is 0 Å². The summed E-state index contributed by atoms with van der Waals surface area (Å²) in [5.41, 5.74) is 1.48. The van der Waals surface area contributed by atoms with Gasteiger partial charge in [-0.2, -0.15) is 0 Å². The molecule has 0 fully saturated rings. The number of nitrogens with zero attached hydrogens (tertiary/aromatic N) is 4. The predicted octanol–water partition coefficient (Wildman–Crippen LogP) is 4.84. The fourth-order valence-corrected chi connectivity index (χ4v) is 2.85. The molecule has 0 spiro atoms. The average Bonchev–Trinajstić information content (AvgIpc) is 2.85. The first kappa shape index (κ1) is 16.3. The molecule has 1 N–H and O–H groups in total. The third-order valence-electron chi connectivity index (χ3n) is 3.57. The second-order valence-electron chi connectivity index (χ2n) is 5.23. The molecule has 0 atom stereocenters. The van der Waals surface area contributed by atoms with Gasteiger partial charge in [-0.1, -0.05) is 22.9 Å². The first-order valence-electron chi connectivity index (χ1n) is 7.48. The summed E-state index contributed by atoms with van der Waals surface area (Å²) >= 11 is 3.42. The molecule has 0 aliphatic rings. The minimum Gasteiger partial charge on any atom is -0.493 e. The fraction of sp³-hybridized carbons (Fsp3) is 0.176. The van der Waals surface area contributed by atoms with Crippen LogP contribution in [0.1, 0.15) is 23.7 Å². The second-order valence-corrected chi connectivity index (χ2v) is 6.15. The maximum Gasteiger partial charge on any atom is 0.296 e. The number of rotatable bonds is 4. The van der Waals surface area contributed by atoms with E-state index in [1.165, 1.54) is 6.20 Å². The van der Waals surface area contributed by atoms with Crippen molar-refractivity contribution < 1.29 is 9.90 Å². The summed E-state index contributed by atoms with van der Waals surface area (Å²) in [7, 11) is 0. The standard InChI is InChI=1S/C17H15BrN4O2/c1-2-8-22-14-6-5-12(18)9-13(14)15(17(22)24)20-21-16(23)11-4-3-7-19-10-11/h3-7,9-10,24H,2,8H2,1H3. The molecule has 3 rings (SSSR count). The number of hydrogen-bond donors (Lipinski definition) is 1. The largest absolute Gasteiger partial charge is 0.493 e. The van der Waals surface area contributed by atoms with E-state index < -0.39 is 5.91 Å². The highest BCUT2D eigenvalue weighted by Crippen LogP contribution is 2.40. The summed E-state index contributed by atoms with van der Waals surface area (Å²) in [6, 6.07) is 8.92. The van der Waals surface area contributed by atoms with Crippen molar-refractivity contribution in [2.24, 2.45) is 10.2 Å². The SMILES string of the molecule is CCCn1c(O)c(N=NC(=O)c2cccnc2)c2cc(Br)ccc21. The van der Waals surface area contributed by atoms with Crippen molar-refractivity contribution in [2.45, 2.75) is 19.9 Å². The summed E-state index contributed by atoms with van der Waals surface area (Å²) in [5, 5.41) is 19.0. The topological polar surface area (TPSA) is 79.8 Å². The number of azo groups is 1. The van der Waals surface area contributed by atoms with Gasteiger partial charge >= 0.3 is 0 Å². The van der Waals surface area contributed by atoms with E-state index in [9.17, 15) is 9.90 Å². The second kappa shape index (κ2) is 6.92. The highest BCUT2D eigenvalue weighted by atomic mass is 79.9. The quantitative estimate of drug-likeness (QED) is 0.651. The molecule has 0 unspecified atom stereocenters. The van der Waals surface area contributed by atoms with Crippen molar-refractivity contribution >= 4 is 38.4 Å². The van der Waals surface area contributed by atoms with Crippen molar-refractivity contribution in [3.05, 3.63) is 52.8 Å². The molecule has 122 valence electrons. The van der Waals surface area contributed by atoms with E-state index in [2.05, 4.69) is 31.1 Å². The third-order valence-corrected chi connectivity index (χ3v) is 4.06. The van der Waals surface area contributed by atoms with Crippen molar-refractivity contribution in [3.63, 3.8) is 0 Å². The molecule has 2 aromatic heterocycles. The fourth-order valence-electron chi connectivity index (χ4n) is 2.49. The molecule has 7 heteroatoms. The Bertz CT molecular complexity index is 919. The average molecular weight is 387 g/mol. The van der Waals surface area contributed by atoms with Crippen LogP contribution < -0.4 is 0 Å². The van der Waals surface area contributed by atoms with E-state index in [0.29, 0.717) is 12.1 Å². The first-order chi connectivity index (χ1) is 11.6. The maximum absolute atomic E-state index is 12.1. The number of carbonyl (C=O) groups excluding carboxylic acids is 1. The van der Waals surface area contributed by atoms with Gasteiger partial charge in [0.15, 0.2) is 5.69 Å². The van der Waals surface area contributed by atoms with Crippen LogP contribution in [0.15, 0.2) is 57.4 Å². The molecular formula is C17H15BrN4O2. The van der Waals surface area contributed by atoms with Crippen LogP contribution in [0.4, 0.5) is 5.69 Å². The number of carbonyl (C=O) groups is 1. The van der Waals surface area contributed by atoms with Gasteiger partial charge in [-0.15, -0.1) is 10.2 Å². The monoisotopic (exact) mass is 386 g/mol. The van der Waals surface area contributed by atoms with E-state index in [-0.39, 0.29) is 11.6 Å². The van der Waals surface area contributed by atoms with Gasteiger partial charge in [0, 0.05) is 28.8 Å². The van der Waals surface area contributed by atoms with Crippen LogP contribution in [0.2, 0.25) is 0 Å². The van der Waals surface area contributed by atoms with E-state index in [1.54, 1.807) is 22.9 Å². The normalized spacial score (nSPS) is 11.4. The number of hydrogen-bond acceptors (Lipinski definition) is 4. The van der Waals surface area contributed by atoms with Gasteiger partial charge in [-0.3, -0.25) is 9.78 Å². The highest BCUT2D eigenvalue weighted by molar-refractivity contribution is 9.10. The van der Waals surface area contributed by atoms with Crippen LogP contribution in [0.5, 0.6) is 5.88 Å². The lowest BCUT2D eigenvalue weighted by Gasteiger charge is -2.03. The number of pyridine rings is 1. The van der Waals surface area contributed by atoms with Crippen LogP contribution in [0, 0.1) is 0 Å². The van der Waals surface area contributed by atoms with Crippen LogP contribution >= 0.6 is 15.9 Å². The molecule has 0 saturated carbocycles. The molecule has 6 nitrogen and oxygen atoms in total. The van der Waals surface area contributed by atoms with Gasteiger partial charge in [-0.25, -0.2) is 0 Å². The summed E-state index contributed by atoms with van der Waals surface area (Å²) in [5.74, 6) is -0.499. The Morgan fingerprint density at radius 1 is 1.38 bits per heavy atom. The third kappa shape index (κ3) is 3.07. The smallest absolute Gasteiger partial charge is 0.296 e. The van der Waals surface area contributed by atoms with Gasteiger partial charge in [0.25, 0.3) is 5.91 Å². The van der Waals surface area contributed by atoms with Crippen molar-refractivity contribution in [1.29, 1.82) is 0 Å². The Balaban J connectivity index is 2.05. The molecule has 0 aliphatic carbocycles. The summed E-state index contributed by atoms with van der Waals surface area (Å²) in [4.78, 5) is 16.0. The molecular weight excluding hydrogens is 372 g/mol. The van der Waals surface area contributed by atoms with Gasteiger partial charge in [0.1, 0.15) is 0 Å². The maximum atomic E-state index is 12.1. The van der Waals surface area contributed by atoms with Crippen LogP contribution in [0.25, 0.3) is 10.9 Å². The lowest BCUT2D eigenvalue weighted by atomic mass is 10.2. The Kier molecular flexibility index (Phi) is 4.71. The number of aromatic hydroxyl groups is 1. The summed E-state index contributed by atoms with van der Waals surface area (Å²) < 4.78 is 2.63. The van der Waals surface area contributed by atoms with Gasteiger partial charge < -0.3 is 9.67 Å². The van der Waals surface area contributed by atoms with Crippen LogP contribution in [-0.4, -0.2) is 20.6 Å². The molecule has 0 radical (unpaired) electrons. The number of fused-ring (bicyclic) bond motifs is 1. The highest BCUT2D eigenvalue weighted by Gasteiger charge is 2.17. The first-order valence-corrected chi connectivity index (χ1v) is 8.28. The Labute approximate surface area is 147 Å². The number of aromatic nitrogens is 2. The predicted molar refractivity (Wildman–Crippen MR) is 94.7 cm³/mol. The van der Waals surface area contributed by atoms with E-state index in [1.807, 2.05) is 25.1 Å². The number of amides is 1. The van der Waals surface area contributed by atoms with E-state index in [0.717, 1.165) is 21.8 Å². The van der Waals surface area contributed by atoms with Crippen LogP contribution in [-0.2, 0) is 6.54 Å². The lowest BCUT2D eigenvalue weighted by molar-refractivity contribution is 0.0994. The zero-order chi connectivity index (χ0) is 17.1. The Morgan fingerprint density at radius 2 is 2.21 bits per heavy atom. The summed E-state index contributed by atoms with van der Waals surface area (Å²) in [6.45, 7) is 2.67. The molecule has 2 heterocycles. The molecule has 3 aromatic rings. The Morgan fingerprint density at radius 3 is 2.92 bits per heavy atom. The lowest BCUT2D eigenvalue weighted by Crippen LogP contribution is -1.95. The number of benzene rings is 1. The molecule has 1 amide bonds. The minimum atomic E-state index is -0.506. The van der Waals surface area contributed by atoms with E-state index >= 15 is 0 Å². The molecule has 1 aromatic carbocycles. The van der Waals surface area contributed by atoms with Gasteiger partial charge in [-0.05, 0) is 36.8 Å². The van der Waals surface area contributed by atoms with Crippen molar-refractivity contribution in [1.82, 2.24) is 9.55 Å². The van der Waals surface area contributed by atoms with Gasteiger partial charge in [0.05, 0.1) is 11.1 Å². The molecule has 0 bridgehead atoms. The summed E-state index contributed by atoms with van der Waals surface area (Å²) in [6.07, 6.45) is 3.87. The molecule has 24 heavy (non-hydrogen) atoms. The number of halogens is 1. The number of aryl methyl sites for hydroxylation is 1. The molecule has 0 saturated heterocycles. The zero-order valence-corrected chi connectivity index (χ0v) is 14.6. The molecule has 0 aliphatic heterocycles. The zero-order valence-electron chi connectivity index (χ0n) is 13.0. The van der Waals surface area contributed by atoms with Gasteiger partial charge in [0.2, 0.25) is 5.88 Å². The Hall–Kier alpha value is -2.54. The van der Waals surface area contributed by atoms with Crippen molar-refractivity contribution in [2.75, 3.05) is 0 Å².